The van der Waals surface area contributed by atoms with Crippen LogP contribution in [-0.4, -0.2) is 31.1 Å². The SMILES string of the molecule is CC(Oc1cccc(Cl)c1)C(=O)NC1CCNC1.Cl. The summed E-state index contributed by atoms with van der Waals surface area (Å²) >= 11 is 5.86. The number of carbonyl (C=O) groups excluding carboxylic acids is 1. The average molecular weight is 305 g/mol. The maximum absolute atomic E-state index is 11.9. The van der Waals surface area contributed by atoms with Crippen LogP contribution < -0.4 is 15.4 Å². The summed E-state index contributed by atoms with van der Waals surface area (Å²) in [5.41, 5.74) is 0. The minimum Gasteiger partial charge on any atom is -0.481 e. The van der Waals surface area contributed by atoms with Gasteiger partial charge >= 0.3 is 0 Å². The van der Waals surface area contributed by atoms with Crippen LogP contribution in [0.1, 0.15) is 13.3 Å². The first-order chi connectivity index (χ1) is 8.65. The summed E-state index contributed by atoms with van der Waals surface area (Å²) in [6.45, 7) is 3.52. The molecule has 1 aromatic rings. The fourth-order valence-corrected chi connectivity index (χ4v) is 2.07. The zero-order valence-corrected chi connectivity index (χ0v) is 12.3. The summed E-state index contributed by atoms with van der Waals surface area (Å²) in [5.74, 6) is 0.512. The maximum atomic E-state index is 11.9. The first-order valence-corrected chi connectivity index (χ1v) is 6.46. The molecular formula is C13H18Cl2N2O2. The molecule has 0 aliphatic carbocycles. The molecule has 2 unspecified atom stereocenters. The minimum atomic E-state index is -0.524. The van der Waals surface area contributed by atoms with Gasteiger partial charge in [-0.1, -0.05) is 17.7 Å². The van der Waals surface area contributed by atoms with Crippen molar-refractivity contribution < 1.29 is 9.53 Å². The van der Waals surface area contributed by atoms with E-state index < -0.39 is 6.10 Å². The third-order valence-corrected chi connectivity index (χ3v) is 3.12. The Morgan fingerprint density at radius 3 is 3.00 bits per heavy atom. The Morgan fingerprint density at radius 1 is 1.58 bits per heavy atom. The Morgan fingerprint density at radius 2 is 2.37 bits per heavy atom. The summed E-state index contributed by atoms with van der Waals surface area (Å²) in [4.78, 5) is 11.9. The van der Waals surface area contributed by atoms with Crippen LogP contribution in [0.5, 0.6) is 5.75 Å². The Kier molecular flexibility index (Phi) is 6.42. The molecule has 2 rings (SSSR count). The summed E-state index contributed by atoms with van der Waals surface area (Å²) in [5, 5.41) is 6.75. The van der Waals surface area contributed by atoms with Gasteiger partial charge in [-0.15, -0.1) is 12.4 Å². The molecule has 2 N–H and O–H groups in total. The second-order valence-electron chi connectivity index (χ2n) is 4.42. The molecule has 4 nitrogen and oxygen atoms in total. The maximum Gasteiger partial charge on any atom is 0.261 e. The van der Waals surface area contributed by atoms with Gasteiger partial charge in [0.2, 0.25) is 0 Å². The molecule has 1 saturated heterocycles. The second kappa shape index (κ2) is 7.58. The summed E-state index contributed by atoms with van der Waals surface area (Å²) in [6.07, 6.45) is 0.444. The van der Waals surface area contributed by atoms with Crippen LogP contribution in [-0.2, 0) is 4.79 Å². The van der Waals surface area contributed by atoms with E-state index in [1.54, 1.807) is 31.2 Å². The highest BCUT2D eigenvalue weighted by molar-refractivity contribution is 6.30. The fraction of sp³-hybridized carbons (Fsp3) is 0.462. The van der Waals surface area contributed by atoms with Gasteiger partial charge in [0.25, 0.3) is 5.91 Å². The minimum absolute atomic E-state index is 0. The zero-order valence-electron chi connectivity index (χ0n) is 10.7. The molecule has 0 bridgehead atoms. The second-order valence-corrected chi connectivity index (χ2v) is 4.85. The lowest BCUT2D eigenvalue weighted by atomic mass is 10.2. The summed E-state index contributed by atoms with van der Waals surface area (Å²) < 4.78 is 5.55. The molecule has 19 heavy (non-hydrogen) atoms. The van der Waals surface area contributed by atoms with E-state index in [0.29, 0.717) is 10.8 Å². The number of halogens is 2. The summed E-state index contributed by atoms with van der Waals surface area (Å²) in [7, 11) is 0. The van der Waals surface area contributed by atoms with Gasteiger partial charge in [-0.2, -0.15) is 0 Å². The Balaban J connectivity index is 0.00000180. The third-order valence-electron chi connectivity index (χ3n) is 2.88. The number of ether oxygens (including phenoxy) is 1. The van der Waals surface area contributed by atoms with Crippen LogP contribution in [0.3, 0.4) is 0 Å². The standard InChI is InChI=1S/C13H17ClN2O2.ClH/c1-9(13(17)16-11-5-6-15-8-11)18-12-4-2-3-10(14)7-12;/h2-4,7,9,11,15H,5-6,8H2,1H3,(H,16,17);1H. The van der Waals surface area contributed by atoms with E-state index in [4.69, 9.17) is 16.3 Å². The van der Waals surface area contributed by atoms with Gasteiger partial charge in [0.05, 0.1) is 0 Å². The average Bonchev–Trinajstić information content (AvgIpc) is 2.81. The van der Waals surface area contributed by atoms with Crippen molar-refractivity contribution in [1.82, 2.24) is 10.6 Å². The highest BCUT2D eigenvalue weighted by atomic mass is 35.5. The number of benzene rings is 1. The molecule has 0 aromatic heterocycles. The van der Waals surface area contributed by atoms with Gasteiger partial charge in [-0.05, 0) is 38.1 Å². The summed E-state index contributed by atoms with van der Waals surface area (Å²) in [6, 6.07) is 7.25. The van der Waals surface area contributed by atoms with E-state index in [0.717, 1.165) is 19.5 Å². The zero-order chi connectivity index (χ0) is 13.0. The van der Waals surface area contributed by atoms with Crippen LogP contribution in [0, 0.1) is 0 Å². The van der Waals surface area contributed by atoms with Gasteiger partial charge in [-0.3, -0.25) is 4.79 Å². The highest BCUT2D eigenvalue weighted by Gasteiger charge is 2.21. The van der Waals surface area contributed by atoms with Gasteiger partial charge in [0.1, 0.15) is 5.75 Å². The molecule has 1 fully saturated rings. The molecule has 0 spiro atoms. The van der Waals surface area contributed by atoms with Crippen LogP contribution in [0.15, 0.2) is 24.3 Å². The van der Waals surface area contributed by atoms with Gasteiger partial charge < -0.3 is 15.4 Å². The number of hydrogen-bond acceptors (Lipinski definition) is 3. The van der Waals surface area contributed by atoms with Crippen molar-refractivity contribution in [2.24, 2.45) is 0 Å². The molecule has 1 amide bonds. The number of carbonyl (C=O) groups is 1. The molecule has 6 heteroatoms. The predicted molar refractivity (Wildman–Crippen MR) is 78.2 cm³/mol. The first-order valence-electron chi connectivity index (χ1n) is 6.08. The Hall–Kier alpha value is -0.970. The number of hydrogen-bond donors (Lipinski definition) is 2. The number of rotatable bonds is 4. The van der Waals surface area contributed by atoms with Crippen molar-refractivity contribution in [2.75, 3.05) is 13.1 Å². The first kappa shape index (κ1) is 16.1. The van der Waals surface area contributed by atoms with Crippen LogP contribution in [0.2, 0.25) is 5.02 Å². The van der Waals surface area contributed by atoms with Crippen molar-refractivity contribution >= 4 is 29.9 Å². The predicted octanol–water partition coefficient (Wildman–Crippen LogP) is 2.01. The smallest absolute Gasteiger partial charge is 0.261 e. The van der Waals surface area contributed by atoms with E-state index in [1.807, 2.05) is 0 Å². The van der Waals surface area contributed by atoms with Crippen molar-refractivity contribution in [3.05, 3.63) is 29.3 Å². The van der Waals surface area contributed by atoms with Crippen molar-refractivity contribution in [3.8, 4) is 5.75 Å². The van der Waals surface area contributed by atoms with Crippen LogP contribution in [0.25, 0.3) is 0 Å². The molecule has 1 aliphatic heterocycles. The lowest BCUT2D eigenvalue weighted by molar-refractivity contribution is -0.127. The fourth-order valence-electron chi connectivity index (χ4n) is 1.89. The molecule has 1 heterocycles. The number of amides is 1. The molecule has 0 radical (unpaired) electrons. The largest absolute Gasteiger partial charge is 0.481 e. The topological polar surface area (TPSA) is 50.4 Å². The Bertz CT molecular complexity index is 423. The molecule has 1 aromatic carbocycles. The van der Waals surface area contributed by atoms with Crippen LogP contribution >= 0.6 is 24.0 Å². The molecule has 1 aliphatic rings. The molecule has 2 atom stereocenters. The normalized spacial score (nSPS) is 19.4. The molecular weight excluding hydrogens is 287 g/mol. The van der Waals surface area contributed by atoms with Crippen LogP contribution in [0.4, 0.5) is 0 Å². The van der Waals surface area contributed by atoms with Crippen molar-refractivity contribution in [2.45, 2.75) is 25.5 Å². The van der Waals surface area contributed by atoms with Gasteiger partial charge in [-0.25, -0.2) is 0 Å². The quantitative estimate of drug-likeness (QED) is 0.894. The number of nitrogens with one attached hydrogen (secondary N) is 2. The van der Waals surface area contributed by atoms with Crippen molar-refractivity contribution in [1.29, 1.82) is 0 Å². The van der Waals surface area contributed by atoms with E-state index in [1.165, 1.54) is 0 Å². The lowest BCUT2D eigenvalue weighted by Gasteiger charge is -2.17. The third kappa shape index (κ3) is 4.90. The van der Waals surface area contributed by atoms with Crippen molar-refractivity contribution in [3.63, 3.8) is 0 Å². The van der Waals surface area contributed by atoms with E-state index in [9.17, 15) is 4.79 Å². The highest BCUT2D eigenvalue weighted by Crippen LogP contribution is 2.18. The van der Waals surface area contributed by atoms with E-state index in [-0.39, 0.29) is 24.4 Å². The lowest BCUT2D eigenvalue weighted by Crippen LogP contribution is -2.43. The monoisotopic (exact) mass is 304 g/mol. The van der Waals surface area contributed by atoms with E-state index >= 15 is 0 Å². The Labute approximate surface area is 124 Å². The molecule has 0 saturated carbocycles. The van der Waals surface area contributed by atoms with Gasteiger partial charge in [0.15, 0.2) is 6.10 Å². The van der Waals surface area contributed by atoms with Gasteiger partial charge in [0, 0.05) is 17.6 Å². The van der Waals surface area contributed by atoms with E-state index in [2.05, 4.69) is 10.6 Å². The molecule has 106 valence electrons.